The summed E-state index contributed by atoms with van der Waals surface area (Å²) in [6.07, 6.45) is 2.96. The van der Waals surface area contributed by atoms with Crippen molar-refractivity contribution in [3.05, 3.63) is 0 Å². The standard InChI is InChI=1S/C9H15FO2/c1-2-9(5-3-4-6-10)7-12-8(9)11/h2-7H2,1H3. The Morgan fingerprint density at radius 2 is 2.33 bits per heavy atom. The van der Waals surface area contributed by atoms with Gasteiger partial charge in [-0.25, -0.2) is 0 Å². The van der Waals surface area contributed by atoms with Gasteiger partial charge in [0.05, 0.1) is 6.67 Å². The summed E-state index contributed by atoms with van der Waals surface area (Å²) in [7, 11) is 0. The van der Waals surface area contributed by atoms with E-state index in [9.17, 15) is 9.18 Å². The van der Waals surface area contributed by atoms with E-state index >= 15 is 0 Å². The monoisotopic (exact) mass is 174 g/mol. The maximum atomic E-state index is 11.8. The third kappa shape index (κ3) is 1.59. The second kappa shape index (κ2) is 3.87. The zero-order chi connectivity index (χ0) is 9.03. The molecule has 1 atom stereocenters. The van der Waals surface area contributed by atoms with Gasteiger partial charge in [-0.05, 0) is 25.7 Å². The average molecular weight is 174 g/mol. The summed E-state index contributed by atoms with van der Waals surface area (Å²) in [5.74, 6) is -0.0936. The molecule has 0 aromatic heterocycles. The lowest BCUT2D eigenvalue weighted by atomic mass is 9.78. The first-order valence-electron chi connectivity index (χ1n) is 4.48. The highest BCUT2D eigenvalue weighted by Gasteiger charge is 2.46. The minimum atomic E-state index is -0.283. The number of alkyl halides is 1. The van der Waals surface area contributed by atoms with E-state index in [-0.39, 0.29) is 18.1 Å². The molecule has 3 heteroatoms. The maximum Gasteiger partial charge on any atom is 0.315 e. The molecule has 1 saturated heterocycles. The van der Waals surface area contributed by atoms with Crippen molar-refractivity contribution in [1.29, 1.82) is 0 Å². The van der Waals surface area contributed by atoms with Crippen molar-refractivity contribution < 1.29 is 13.9 Å². The SMILES string of the molecule is CCC1(CCCCF)COC1=O. The van der Waals surface area contributed by atoms with Gasteiger partial charge in [-0.1, -0.05) is 6.92 Å². The van der Waals surface area contributed by atoms with E-state index in [4.69, 9.17) is 4.74 Å². The zero-order valence-corrected chi connectivity index (χ0v) is 7.44. The number of esters is 1. The van der Waals surface area contributed by atoms with Crippen LogP contribution in [0.2, 0.25) is 0 Å². The highest BCUT2D eigenvalue weighted by atomic mass is 19.1. The van der Waals surface area contributed by atoms with Crippen LogP contribution in [-0.4, -0.2) is 19.3 Å². The Kier molecular flexibility index (Phi) is 3.06. The van der Waals surface area contributed by atoms with Gasteiger partial charge in [0.1, 0.15) is 12.0 Å². The highest BCUT2D eigenvalue weighted by molar-refractivity contribution is 5.81. The van der Waals surface area contributed by atoms with Crippen LogP contribution in [0.3, 0.4) is 0 Å². The molecule has 0 radical (unpaired) electrons. The van der Waals surface area contributed by atoms with Gasteiger partial charge < -0.3 is 4.74 Å². The van der Waals surface area contributed by atoms with Gasteiger partial charge in [-0.2, -0.15) is 0 Å². The van der Waals surface area contributed by atoms with Crippen LogP contribution in [0.4, 0.5) is 4.39 Å². The molecule has 70 valence electrons. The second-order valence-electron chi connectivity index (χ2n) is 3.36. The van der Waals surface area contributed by atoms with E-state index in [0.29, 0.717) is 13.0 Å². The minimum Gasteiger partial charge on any atom is -0.464 e. The zero-order valence-electron chi connectivity index (χ0n) is 7.44. The molecule has 1 heterocycles. The number of hydrogen-bond donors (Lipinski definition) is 0. The predicted octanol–water partition coefficient (Wildman–Crippen LogP) is 2.08. The van der Waals surface area contributed by atoms with Crippen molar-refractivity contribution >= 4 is 5.97 Å². The number of hydrogen-bond acceptors (Lipinski definition) is 2. The number of unbranched alkanes of at least 4 members (excludes halogenated alkanes) is 1. The van der Waals surface area contributed by atoms with Gasteiger partial charge in [0.15, 0.2) is 0 Å². The molecule has 0 aromatic carbocycles. The summed E-state index contributed by atoms with van der Waals surface area (Å²) in [6, 6.07) is 0. The van der Waals surface area contributed by atoms with Crippen molar-refractivity contribution in [2.45, 2.75) is 32.6 Å². The minimum absolute atomic E-state index is 0.0936. The average Bonchev–Trinajstić information content (AvgIpc) is 2.10. The molecule has 12 heavy (non-hydrogen) atoms. The Bertz CT molecular complexity index is 166. The Morgan fingerprint density at radius 1 is 1.58 bits per heavy atom. The largest absolute Gasteiger partial charge is 0.464 e. The van der Waals surface area contributed by atoms with Gasteiger partial charge in [0.25, 0.3) is 0 Å². The summed E-state index contributed by atoms with van der Waals surface area (Å²) >= 11 is 0. The van der Waals surface area contributed by atoms with Crippen molar-refractivity contribution in [2.75, 3.05) is 13.3 Å². The molecule has 0 N–H and O–H groups in total. The number of carbonyl (C=O) groups is 1. The lowest BCUT2D eigenvalue weighted by molar-refractivity contribution is -0.187. The molecule has 0 aliphatic carbocycles. The van der Waals surface area contributed by atoms with Crippen LogP contribution in [0.5, 0.6) is 0 Å². The number of carbonyl (C=O) groups excluding carboxylic acids is 1. The molecule has 0 aromatic rings. The van der Waals surface area contributed by atoms with E-state index in [0.717, 1.165) is 19.3 Å². The molecule has 0 saturated carbocycles. The molecule has 1 rings (SSSR count). The number of ether oxygens (including phenoxy) is 1. The number of cyclic esters (lactones) is 1. The third-order valence-corrected chi connectivity index (χ3v) is 2.63. The van der Waals surface area contributed by atoms with Crippen LogP contribution in [0.1, 0.15) is 32.6 Å². The molecule has 1 aliphatic heterocycles. The fourth-order valence-electron chi connectivity index (χ4n) is 1.49. The molecular formula is C9H15FO2. The van der Waals surface area contributed by atoms with Gasteiger partial charge in [-0.3, -0.25) is 9.18 Å². The Balaban J connectivity index is 2.30. The van der Waals surface area contributed by atoms with Crippen molar-refractivity contribution in [3.63, 3.8) is 0 Å². The van der Waals surface area contributed by atoms with Crippen LogP contribution < -0.4 is 0 Å². The number of rotatable bonds is 5. The summed E-state index contributed by atoms with van der Waals surface area (Å²) in [5, 5.41) is 0. The summed E-state index contributed by atoms with van der Waals surface area (Å²) in [5.41, 5.74) is -0.255. The molecule has 0 bridgehead atoms. The lowest BCUT2D eigenvalue weighted by Gasteiger charge is -2.38. The second-order valence-corrected chi connectivity index (χ2v) is 3.36. The van der Waals surface area contributed by atoms with Crippen LogP contribution in [-0.2, 0) is 9.53 Å². The summed E-state index contributed by atoms with van der Waals surface area (Å²) in [6.45, 7) is 2.24. The summed E-state index contributed by atoms with van der Waals surface area (Å²) < 4.78 is 16.5. The van der Waals surface area contributed by atoms with E-state index in [1.54, 1.807) is 0 Å². The van der Waals surface area contributed by atoms with Crippen LogP contribution in [0, 0.1) is 5.41 Å². The quantitative estimate of drug-likeness (QED) is 0.471. The molecule has 1 aliphatic rings. The summed E-state index contributed by atoms with van der Waals surface area (Å²) in [4.78, 5) is 11.1. The van der Waals surface area contributed by atoms with Gasteiger partial charge in [0, 0.05) is 0 Å². The topological polar surface area (TPSA) is 26.3 Å². The number of halogens is 1. The van der Waals surface area contributed by atoms with E-state index in [1.165, 1.54) is 0 Å². The Labute approximate surface area is 72.1 Å². The molecule has 1 unspecified atom stereocenters. The molecule has 1 fully saturated rings. The van der Waals surface area contributed by atoms with E-state index in [2.05, 4.69) is 0 Å². The van der Waals surface area contributed by atoms with Crippen molar-refractivity contribution in [3.8, 4) is 0 Å². The smallest absolute Gasteiger partial charge is 0.315 e. The fraction of sp³-hybridized carbons (Fsp3) is 0.889. The fourth-order valence-corrected chi connectivity index (χ4v) is 1.49. The lowest BCUT2D eigenvalue weighted by Crippen LogP contribution is -2.47. The molecule has 0 spiro atoms. The first-order valence-corrected chi connectivity index (χ1v) is 4.48. The van der Waals surface area contributed by atoms with Gasteiger partial charge in [0.2, 0.25) is 0 Å². The van der Waals surface area contributed by atoms with Crippen molar-refractivity contribution in [1.82, 2.24) is 0 Å². The van der Waals surface area contributed by atoms with Gasteiger partial charge in [-0.15, -0.1) is 0 Å². The van der Waals surface area contributed by atoms with E-state index < -0.39 is 0 Å². The predicted molar refractivity (Wildman–Crippen MR) is 43.5 cm³/mol. The highest BCUT2D eigenvalue weighted by Crippen LogP contribution is 2.37. The van der Waals surface area contributed by atoms with Crippen LogP contribution in [0.15, 0.2) is 0 Å². The molecule has 2 nitrogen and oxygen atoms in total. The first-order chi connectivity index (χ1) is 5.75. The maximum absolute atomic E-state index is 11.8. The van der Waals surface area contributed by atoms with Gasteiger partial charge >= 0.3 is 5.97 Å². The Morgan fingerprint density at radius 3 is 2.67 bits per heavy atom. The molecular weight excluding hydrogens is 159 g/mol. The molecule has 0 amide bonds. The van der Waals surface area contributed by atoms with Crippen molar-refractivity contribution in [2.24, 2.45) is 5.41 Å². The third-order valence-electron chi connectivity index (χ3n) is 2.63. The normalized spacial score (nSPS) is 28.0. The van der Waals surface area contributed by atoms with E-state index in [1.807, 2.05) is 6.92 Å². The van der Waals surface area contributed by atoms with Crippen LogP contribution >= 0.6 is 0 Å². The Hall–Kier alpha value is -0.600. The first kappa shape index (κ1) is 9.49. The van der Waals surface area contributed by atoms with Crippen LogP contribution in [0.25, 0.3) is 0 Å².